The molecule has 20 heavy (non-hydrogen) atoms. The van der Waals surface area contributed by atoms with Crippen molar-refractivity contribution in [1.82, 2.24) is 0 Å². The lowest BCUT2D eigenvalue weighted by atomic mass is 10.1. The van der Waals surface area contributed by atoms with Gasteiger partial charge in [0.25, 0.3) is 0 Å². The van der Waals surface area contributed by atoms with Gasteiger partial charge in [-0.05, 0) is 37.0 Å². The highest BCUT2D eigenvalue weighted by Crippen LogP contribution is 2.23. The monoisotopic (exact) mass is 276 g/mol. The third-order valence-corrected chi connectivity index (χ3v) is 3.12. The summed E-state index contributed by atoms with van der Waals surface area (Å²) < 4.78 is 13.6. The smallest absolute Gasteiger partial charge is 0.225 e. The van der Waals surface area contributed by atoms with Crippen LogP contribution in [0.2, 0.25) is 0 Å². The van der Waals surface area contributed by atoms with Crippen LogP contribution in [0.4, 0.5) is 15.8 Å². The average Bonchev–Trinajstić information content (AvgIpc) is 2.85. The first-order valence-electron chi connectivity index (χ1n) is 6.58. The fourth-order valence-corrected chi connectivity index (χ4v) is 2.21. The van der Waals surface area contributed by atoms with Crippen LogP contribution in [0.5, 0.6) is 0 Å². The summed E-state index contributed by atoms with van der Waals surface area (Å²) in [6, 6.07) is 4.08. The predicted octanol–water partition coefficient (Wildman–Crippen LogP) is 3.08. The standard InChI is InChI=1S/C15H17FN2O2/c1-10(19)17-12-6-7-13(16)14(9-12)18-15(20)8-11-4-2-3-5-11/h2,4,6-7,9,11H,3,5,8H2,1H3,(H,17,19)(H,18,20). The van der Waals surface area contributed by atoms with E-state index in [-0.39, 0.29) is 23.4 Å². The Labute approximate surface area is 117 Å². The first-order valence-corrected chi connectivity index (χ1v) is 6.58. The van der Waals surface area contributed by atoms with E-state index in [0.29, 0.717) is 12.1 Å². The average molecular weight is 276 g/mol. The van der Waals surface area contributed by atoms with Crippen molar-refractivity contribution in [3.05, 3.63) is 36.2 Å². The van der Waals surface area contributed by atoms with Gasteiger partial charge in [0.05, 0.1) is 5.69 Å². The van der Waals surface area contributed by atoms with Gasteiger partial charge in [-0.2, -0.15) is 0 Å². The van der Waals surface area contributed by atoms with E-state index < -0.39 is 5.82 Å². The molecule has 5 heteroatoms. The van der Waals surface area contributed by atoms with Crippen molar-refractivity contribution >= 4 is 23.2 Å². The van der Waals surface area contributed by atoms with Crippen LogP contribution >= 0.6 is 0 Å². The van der Waals surface area contributed by atoms with E-state index in [2.05, 4.69) is 16.7 Å². The molecule has 0 aromatic heterocycles. The molecule has 0 saturated carbocycles. The van der Waals surface area contributed by atoms with Crippen molar-refractivity contribution in [2.45, 2.75) is 26.2 Å². The van der Waals surface area contributed by atoms with Crippen molar-refractivity contribution in [3.63, 3.8) is 0 Å². The Balaban J connectivity index is 2.01. The number of nitrogens with one attached hydrogen (secondary N) is 2. The van der Waals surface area contributed by atoms with Crippen molar-refractivity contribution < 1.29 is 14.0 Å². The van der Waals surface area contributed by atoms with Crippen LogP contribution in [-0.4, -0.2) is 11.8 Å². The van der Waals surface area contributed by atoms with E-state index in [4.69, 9.17) is 0 Å². The number of carbonyl (C=O) groups is 2. The number of anilines is 2. The molecule has 1 aromatic carbocycles. The molecule has 1 aliphatic rings. The lowest BCUT2D eigenvalue weighted by Gasteiger charge is -2.11. The summed E-state index contributed by atoms with van der Waals surface area (Å²) in [7, 11) is 0. The van der Waals surface area contributed by atoms with E-state index in [1.165, 1.54) is 25.1 Å². The lowest BCUT2D eigenvalue weighted by Crippen LogP contribution is -2.16. The molecule has 106 valence electrons. The highest BCUT2D eigenvalue weighted by atomic mass is 19.1. The Bertz CT molecular complexity index is 555. The zero-order chi connectivity index (χ0) is 14.5. The van der Waals surface area contributed by atoms with Crippen LogP contribution < -0.4 is 10.6 Å². The molecule has 0 fully saturated rings. The maximum absolute atomic E-state index is 13.6. The molecule has 2 rings (SSSR count). The fraction of sp³-hybridized carbons (Fsp3) is 0.333. The van der Waals surface area contributed by atoms with Crippen molar-refractivity contribution in [3.8, 4) is 0 Å². The molecular weight excluding hydrogens is 259 g/mol. The van der Waals surface area contributed by atoms with Gasteiger partial charge in [-0.3, -0.25) is 9.59 Å². The Morgan fingerprint density at radius 2 is 2.15 bits per heavy atom. The highest BCUT2D eigenvalue weighted by Gasteiger charge is 2.15. The van der Waals surface area contributed by atoms with Crippen LogP contribution in [0.1, 0.15) is 26.2 Å². The summed E-state index contributed by atoms with van der Waals surface area (Å²) in [5, 5.41) is 5.10. The number of halogens is 1. The minimum absolute atomic E-state index is 0.0863. The quantitative estimate of drug-likeness (QED) is 0.830. The minimum atomic E-state index is -0.519. The zero-order valence-electron chi connectivity index (χ0n) is 11.3. The number of benzene rings is 1. The first-order chi connectivity index (χ1) is 9.54. The van der Waals surface area contributed by atoms with Crippen LogP contribution in [0.15, 0.2) is 30.4 Å². The second-order valence-electron chi connectivity index (χ2n) is 4.89. The third kappa shape index (κ3) is 3.91. The van der Waals surface area contributed by atoms with Gasteiger partial charge >= 0.3 is 0 Å². The summed E-state index contributed by atoms with van der Waals surface area (Å²) in [5.41, 5.74) is 0.540. The molecule has 0 saturated heterocycles. The Morgan fingerprint density at radius 1 is 1.35 bits per heavy atom. The zero-order valence-corrected chi connectivity index (χ0v) is 11.3. The number of hydrogen-bond donors (Lipinski definition) is 2. The van der Waals surface area contributed by atoms with Gasteiger partial charge < -0.3 is 10.6 Å². The molecule has 0 spiro atoms. The Kier molecular flexibility index (Phi) is 4.50. The second kappa shape index (κ2) is 6.32. The summed E-state index contributed by atoms with van der Waals surface area (Å²) in [6.45, 7) is 1.37. The molecule has 0 aliphatic heterocycles. The predicted molar refractivity (Wildman–Crippen MR) is 75.8 cm³/mol. The van der Waals surface area contributed by atoms with Gasteiger partial charge in [-0.15, -0.1) is 0 Å². The number of amides is 2. The normalized spacial score (nSPS) is 17.0. The first kappa shape index (κ1) is 14.2. The number of rotatable bonds is 4. The molecule has 2 amide bonds. The number of carbonyl (C=O) groups excluding carboxylic acids is 2. The molecule has 2 N–H and O–H groups in total. The van der Waals surface area contributed by atoms with Gasteiger partial charge in [0, 0.05) is 19.0 Å². The molecule has 0 radical (unpaired) electrons. The van der Waals surface area contributed by atoms with Gasteiger partial charge in [-0.1, -0.05) is 12.2 Å². The molecular formula is C15H17FN2O2. The molecule has 4 nitrogen and oxygen atoms in total. The number of hydrogen-bond acceptors (Lipinski definition) is 2. The largest absolute Gasteiger partial charge is 0.326 e. The molecule has 1 aromatic rings. The van der Waals surface area contributed by atoms with Crippen molar-refractivity contribution in [1.29, 1.82) is 0 Å². The van der Waals surface area contributed by atoms with Crippen LogP contribution in [0.25, 0.3) is 0 Å². The van der Waals surface area contributed by atoms with Crippen LogP contribution in [0.3, 0.4) is 0 Å². The summed E-state index contributed by atoms with van der Waals surface area (Å²) in [6.07, 6.45) is 6.37. The fourth-order valence-electron chi connectivity index (χ4n) is 2.21. The Hall–Kier alpha value is -2.17. The number of allylic oxidation sites excluding steroid dienone is 2. The van der Waals surface area contributed by atoms with E-state index in [9.17, 15) is 14.0 Å². The molecule has 0 bridgehead atoms. The van der Waals surface area contributed by atoms with E-state index in [1.807, 2.05) is 6.08 Å². The van der Waals surface area contributed by atoms with Crippen LogP contribution in [0, 0.1) is 11.7 Å². The van der Waals surface area contributed by atoms with Crippen molar-refractivity contribution in [2.24, 2.45) is 5.92 Å². The maximum atomic E-state index is 13.6. The summed E-state index contributed by atoms with van der Waals surface area (Å²) in [4.78, 5) is 22.8. The SMILES string of the molecule is CC(=O)Nc1ccc(F)c(NC(=O)CC2C=CCC2)c1. The maximum Gasteiger partial charge on any atom is 0.225 e. The van der Waals surface area contributed by atoms with Gasteiger partial charge in [0.2, 0.25) is 11.8 Å². The van der Waals surface area contributed by atoms with E-state index >= 15 is 0 Å². The molecule has 1 aliphatic carbocycles. The van der Waals surface area contributed by atoms with Gasteiger partial charge in [0.15, 0.2) is 0 Å². The van der Waals surface area contributed by atoms with Gasteiger partial charge in [-0.25, -0.2) is 4.39 Å². The third-order valence-electron chi connectivity index (χ3n) is 3.12. The van der Waals surface area contributed by atoms with E-state index in [0.717, 1.165) is 12.8 Å². The van der Waals surface area contributed by atoms with Crippen LogP contribution in [-0.2, 0) is 9.59 Å². The second-order valence-corrected chi connectivity index (χ2v) is 4.89. The Morgan fingerprint density at radius 3 is 2.80 bits per heavy atom. The van der Waals surface area contributed by atoms with E-state index in [1.54, 1.807) is 0 Å². The minimum Gasteiger partial charge on any atom is -0.326 e. The molecule has 1 atom stereocenters. The molecule has 1 unspecified atom stereocenters. The lowest BCUT2D eigenvalue weighted by molar-refractivity contribution is -0.117. The van der Waals surface area contributed by atoms with Crippen molar-refractivity contribution in [2.75, 3.05) is 10.6 Å². The molecule has 0 heterocycles. The topological polar surface area (TPSA) is 58.2 Å². The highest BCUT2D eigenvalue weighted by molar-refractivity contribution is 5.93. The van der Waals surface area contributed by atoms with Gasteiger partial charge in [0.1, 0.15) is 5.82 Å². The summed E-state index contributed by atoms with van der Waals surface area (Å²) in [5.74, 6) is -0.753. The summed E-state index contributed by atoms with van der Waals surface area (Å²) >= 11 is 0.